The second-order valence-corrected chi connectivity index (χ2v) is 6.72. The van der Waals surface area contributed by atoms with Crippen LogP contribution in [0.5, 0.6) is 17.2 Å². The van der Waals surface area contributed by atoms with Crippen LogP contribution in [0.2, 0.25) is 0 Å². The van der Waals surface area contributed by atoms with Gasteiger partial charge in [-0.25, -0.2) is 0 Å². The number of morpholine rings is 1. The highest BCUT2D eigenvalue weighted by atomic mass is 16.7. The first-order valence-corrected chi connectivity index (χ1v) is 9.42. The Morgan fingerprint density at radius 2 is 1.93 bits per heavy atom. The molecule has 7 nitrogen and oxygen atoms in total. The summed E-state index contributed by atoms with van der Waals surface area (Å²) in [5.41, 5.74) is 2.77. The Hall–Kier alpha value is -2.93. The van der Waals surface area contributed by atoms with Gasteiger partial charge in [-0.05, 0) is 42.3 Å². The van der Waals surface area contributed by atoms with E-state index in [0.29, 0.717) is 37.5 Å². The third kappa shape index (κ3) is 4.14. The maximum Gasteiger partial charge on any atom is 0.231 e. The lowest BCUT2D eigenvalue weighted by atomic mass is 10.1. The SMILES string of the molecule is COc1ccc(N2CCOCC2)cc1NC(=O)CCc1ccc2c(c1)OCO2. The summed E-state index contributed by atoms with van der Waals surface area (Å²) in [7, 11) is 1.60. The maximum absolute atomic E-state index is 12.5. The summed E-state index contributed by atoms with van der Waals surface area (Å²) in [4.78, 5) is 14.8. The predicted molar refractivity (Wildman–Crippen MR) is 106 cm³/mol. The van der Waals surface area contributed by atoms with Crippen molar-refractivity contribution in [1.82, 2.24) is 0 Å². The van der Waals surface area contributed by atoms with Crippen LogP contribution in [0.3, 0.4) is 0 Å². The maximum atomic E-state index is 12.5. The Kier molecular flexibility index (Phi) is 5.53. The molecule has 2 aromatic carbocycles. The molecule has 1 N–H and O–H groups in total. The van der Waals surface area contributed by atoms with E-state index in [9.17, 15) is 4.79 Å². The molecule has 0 saturated carbocycles. The van der Waals surface area contributed by atoms with Crippen LogP contribution < -0.4 is 24.4 Å². The van der Waals surface area contributed by atoms with Gasteiger partial charge in [-0.2, -0.15) is 0 Å². The van der Waals surface area contributed by atoms with Crippen molar-refractivity contribution in [3.05, 3.63) is 42.0 Å². The number of aryl methyl sites for hydroxylation is 1. The van der Waals surface area contributed by atoms with E-state index in [1.807, 2.05) is 36.4 Å². The van der Waals surface area contributed by atoms with Crippen LogP contribution in [0, 0.1) is 0 Å². The molecule has 1 saturated heterocycles. The quantitative estimate of drug-likeness (QED) is 0.826. The molecule has 0 radical (unpaired) electrons. The topological polar surface area (TPSA) is 69.3 Å². The zero-order valence-corrected chi connectivity index (χ0v) is 15.9. The number of hydrogen-bond acceptors (Lipinski definition) is 6. The predicted octanol–water partition coefficient (Wildman–Crippen LogP) is 2.83. The van der Waals surface area contributed by atoms with Gasteiger partial charge >= 0.3 is 0 Å². The Morgan fingerprint density at radius 3 is 2.75 bits per heavy atom. The molecular formula is C21H24N2O5. The number of nitrogens with one attached hydrogen (secondary N) is 1. The molecule has 28 heavy (non-hydrogen) atoms. The fourth-order valence-corrected chi connectivity index (χ4v) is 3.38. The Labute approximate surface area is 164 Å². The summed E-state index contributed by atoms with van der Waals surface area (Å²) in [6, 6.07) is 11.6. The summed E-state index contributed by atoms with van der Waals surface area (Å²) in [6.45, 7) is 3.35. The summed E-state index contributed by atoms with van der Waals surface area (Å²) in [5, 5.41) is 2.99. The zero-order chi connectivity index (χ0) is 19.3. The molecular weight excluding hydrogens is 360 g/mol. The minimum absolute atomic E-state index is 0.0601. The van der Waals surface area contributed by atoms with Gasteiger partial charge in [0.25, 0.3) is 0 Å². The smallest absolute Gasteiger partial charge is 0.231 e. The number of carbonyl (C=O) groups excluding carboxylic acids is 1. The van der Waals surface area contributed by atoms with E-state index in [-0.39, 0.29) is 12.7 Å². The largest absolute Gasteiger partial charge is 0.495 e. The van der Waals surface area contributed by atoms with Crippen molar-refractivity contribution in [1.29, 1.82) is 0 Å². The Bertz CT molecular complexity index is 849. The average molecular weight is 384 g/mol. The average Bonchev–Trinajstić information content (AvgIpc) is 3.21. The molecule has 0 bridgehead atoms. The van der Waals surface area contributed by atoms with Gasteiger partial charge < -0.3 is 29.2 Å². The lowest BCUT2D eigenvalue weighted by Crippen LogP contribution is -2.36. The number of anilines is 2. The molecule has 0 atom stereocenters. The number of amides is 1. The van der Waals surface area contributed by atoms with E-state index < -0.39 is 0 Å². The first kappa shape index (κ1) is 18.4. The van der Waals surface area contributed by atoms with Crippen molar-refractivity contribution in [2.45, 2.75) is 12.8 Å². The minimum atomic E-state index is -0.0601. The lowest BCUT2D eigenvalue weighted by molar-refractivity contribution is -0.116. The highest BCUT2D eigenvalue weighted by Gasteiger charge is 2.16. The molecule has 0 aliphatic carbocycles. The van der Waals surface area contributed by atoms with Crippen molar-refractivity contribution >= 4 is 17.3 Å². The number of fused-ring (bicyclic) bond motifs is 1. The number of nitrogens with zero attached hydrogens (tertiary/aromatic N) is 1. The van der Waals surface area contributed by atoms with Gasteiger partial charge in [0.1, 0.15) is 5.75 Å². The Morgan fingerprint density at radius 1 is 1.11 bits per heavy atom. The van der Waals surface area contributed by atoms with E-state index >= 15 is 0 Å². The molecule has 1 fully saturated rings. The van der Waals surface area contributed by atoms with Gasteiger partial charge in [-0.1, -0.05) is 6.07 Å². The van der Waals surface area contributed by atoms with Crippen LogP contribution in [0.25, 0.3) is 0 Å². The first-order chi connectivity index (χ1) is 13.7. The van der Waals surface area contributed by atoms with Crippen molar-refractivity contribution in [3.63, 3.8) is 0 Å². The second-order valence-electron chi connectivity index (χ2n) is 6.72. The van der Waals surface area contributed by atoms with Crippen LogP contribution in [-0.2, 0) is 16.0 Å². The standard InChI is InChI=1S/C21H24N2O5/c1-25-18-6-4-16(23-8-10-26-11-9-23)13-17(18)22-21(24)7-3-15-2-5-19-20(12-15)28-14-27-19/h2,4-6,12-13H,3,7-11,14H2,1H3,(H,22,24). The van der Waals surface area contributed by atoms with Crippen LogP contribution in [0.4, 0.5) is 11.4 Å². The van der Waals surface area contributed by atoms with E-state index in [4.69, 9.17) is 18.9 Å². The second kappa shape index (κ2) is 8.39. The van der Waals surface area contributed by atoms with E-state index in [2.05, 4.69) is 10.2 Å². The van der Waals surface area contributed by atoms with Crippen molar-refractivity contribution in [2.24, 2.45) is 0 Å². The van der Waals surface area contributed by atoms with Crippen molar-refractivity contribution in [3.8, 4) is 17.2 Å². The van der Waals surface area contributed by atoms with Crippen LogP contribution >= 0.6 is 0 Å². The number of ether oxygens (including phenoxy) is 4. The van der Waals surface area contributed by atoms with Gasteiger partial charge in [0.05, 0.1) is 26.0 Å². The molecule has 4 rings (SSSR count). The summed E-state index contributed by atoms with van der Waals surface area (Å²) in [6.07, 6.45) is 0.985. The molecule has 2 aromatic rings. The molecule has 0 spiro atoms. The molecule has 2 heterocycles. The molecule has 1 amide bonds. The number of carbonyl (C=O) groups is 1. The Balaban J connectivity index is 1.40. The third-order valence-electron chi connectivity index (χ3n) is 4.91. The fourth-order valence-electron chi connectivity index (χ4n) is 3.38. The van der Waals surface area contributed by atoms with Crippen molar-refractivity contribution < 1.29 is 23.7 Å². The molecule has 2 aliphatic heterocycles. The van der Waals surface area contributed by atoms with Gasteiger partial charge in [-0.15, -0.1) is 0 Å². The summed E-state index contributed by atoms with van der Waals surface area (Å²) < 4.78 is 21.5. The van der Waals surface area contributed by atoms with Crippen molar-refractivity contribution in [2.75, 3.05) is 50.4 Å². The first-order valence-electron chi connectivity index (χ1n) is 9.42. The summed E-state index contributed by atoms with van der Waals surface area (Å²) >= 11 is 0. The number of methoxy groups -OCH3 is 1. The monoisotopic (exact) mass is 384 g/mol. The minimum Gasteiger partial charge on any atom is -0.495 e. The van der Waals surface area contributed by atoms with Gasteiger partial charge in [0, 0.05) is 25.2 Å². The van der Waals surface area contributed by atoms with E-state index in [1.165, 1.54) is 0 Å². The molecule has 0 aromatic heterocycles. The number of benzene rings is 2. The lowest BCUT2D eigenvalue weighted by Gasteiger charge is -2.29. The number of rotatable bonds is 6. The van der Waals surface area contributed by atoms with Gasteiger partial charge in [0.2, 0.25) is 12.7 Å². The summed E-state index contributed by atoms with van der Waals surface area (Å²) in [5.74, 6) is 2.07. The van der Waals surface area contributed by atoms with E-state index in [0.717, 1.165) is 35.8 Å². The molecule has 0 unspecified atom stereocenters. The highest BCUT2D eigenvalue weighted by Crippen LogP contribution is 2.33. The third-order valence-corrected chi connectivity index (χ3v) is 4.91. The molecule has 2 aliphatic rings. The highest BCUT2D eigenvalue weighted by molar-refractivity contribution is 5.93. The van der Waals surface area contributed by atoms with E-state index in [1.54, 1.807) is 7.11 Å². The van der Waals surface area contributed by atoms with Gasteiger partial charge in [0.15, 0.2) is 11.5 Å². The van der Waals surface area contributed by atoms with Crippen LogP contribution in [0.15, 0.2) is 36.4 Å². The number of hydrogen-bond donors (Lipinski definition) is 1. The molecule has 148 valence electrons. The van der Waals surface area contributed by atoms with Gasteiger partial charge in [-0.3, -0.25) is 4.79 Å². The fraction of sp³-hybridized carbons (Fsp3) is 0.381. The molecule has 7 heteroatoms. The normalized spacial score (nSPS) is 15.4. The van der Waals surface area contributed by atoms with Crippen LogP contribution in [-0.4, -0.2) is 46.1 Å². The zero-order valence-electron chi connectivity index (χ0n) is 15.9. The van der Waals surface area contributed by atoms with Crippen LogP contribution in [0.1, 0.15) is 12.0 Å².